The topological polar surface area (TPSA) is 95.9 Å². The summed E-state index contributed by atoms with van der Waals surface area (Å²) >= 11 is 0. The Morgan fingerprint density at radius 2 is 1.79 bits per heavy atom. The number of ether oxygens (including phenoxy) is 1. The number of aromatic nitrogens is 2. The van der Waals surface area contributed by atoms with E-state index in [4.69, 9.17) is 4.74 Å². The van der Waals surface area contributed by atoms with Gasteiger partial charge in [-0.15, -0.1) is 0 Å². The highest BCUT2D eigenvalue weighted by Crippen LogP contribution is 2.48. The molecule has 6 rings (SSSR count). The maximum atomic E-state index is 14.4. The number of likely N-dealkylation sites (tertiary alicyclic amines) is 1. The van der Waals surface area contributed by atoms with Crippen LogP contribution in [0.15, 0.2) is 24.4 Å². The zero-order valence-electron chi connectivity index (χ0n) is 20.6. The van der Waals surface area contributed by atoms with Gasteiger partial charge in [-0.05, 0) is 30.5 Å². The third kappa shape index (κ3) is 4.15. The lowest BCUT2D eigenvalue weighted by Gasteiger charge is -2.38. The summed E-state index contributed by atoms with van der Waals surface area (Å²) in [4.78, 5) is 39.4. The number of nitrogens with zero attached hydrogens (tertiary/aromatic N) is 5. The van der Waals surface area contributed by atoms with Crippen LogP contribution in [0.2, 0.25) is 0 Å². The molecule has 2 amide bonds. The van der Waals surface area contributed by atoms with Gasteiger partial charge in [0, 0.05) is 62.1 Å². The molecule has 1 spiro atoms. The maximum absolute atomic E-state index is 14.4. The molecule has 0 N–H and O–H groups in total. The minimum absolute atomic E-state index is 0.125. The van der Waals surface area contributed by atoms with E-state index in [-0.39, 0.29) is 35.9 Å². The van der Waals surface area contributed by atoms with Crippen LogP contribution in [0.1, 0.15) is 47.8 Å². The Kier molecular flexibility index (Phi) is 6.17. The van der Waals surface area contributed by atoms with E-state index < -0.39 is 52.0 Å². The van der Waals surface area contributed by atoms with Crippen LogP contribution in [0.4, 0.5) is 19.1 Å². The summed E-state index contributed by atoms with van der Waals surface area (Å²) in [6.07, 6.45) is 3.83. The molecule has 0 aliphatic carbocycles. The number of amides is 2. The maximum Gasteiger partial charge on any atom is 0.275 e. The summed E-state index contributed by atoms with van der Waals surface area (Å²) < 4.78 is 60.0. The summed E-state index contributed by atoms with van der Waals surface area (Å²) in [6, 6.07) is 2.85. The predicted molar refractivity (Wildman–Crippen MR) is 130 cm³/mol. The monoisotopic (exact) mass is 549 g/mol. The van der Waals surface area contributed by atoms with Crippen molar-refractivity contribution in [3.05, 3.63) is 53.1 Å². The highest BCUT2D eigenvalue weighted by molar-refractivity contribution is 7.85. The SMILES string of the molecule is CS(=O)C1CN(C(=O)c2nc(N3CCC4(CC3)OC3CCC(c5cc(F)cc(F)c5)N3C4=O)ncc2F)C1. The van der Waals surface area contributed by atoms with Gasteiger partial charge in [0.05, 0.1) is 17.5 Å². The first-order valence-electron chi connectivity index (χ1n) is 12.5. The van der Waals surface area contributed by atoms with Crippen molar-refractivity contribution in [1.29, 1.82) is 0 Å². The van der Waals surface area contributed by atoms with Crippen LogP contribution in [0.3, 0.4) is 0 Å². The predicted octanol–water partition coefficient (Wildman–Crippen LogP) is 2.16. The number of hydrogen-bond acceptors (Lipinski definition) is 7. The molecule has 4 aliphatic rings. The second-order valence-electron chi connectivity index (χ2n) is 10.3. The van der Waals surface area contributed by atoms with E-state index in [0.717, 1.165) is 12.3 Å². The summed E-state index contributed by atoms with van der Waals surface area (Å²) in [5, 5.41) is -0.125. The van der Waals surface area contributed by atoms with E-state index in [0.29, 0.717) is 44.3 Å². The van der Waals surface area contributed by atoms with E-state index in [9.17, 15) is 27.0 Å². The van der Waals surface area contributed by atoms with E-state index >= 15 is 0 Å². The second kappa shape index (κ2) is 9.30. The fourth-order valence-corrected chi connectivity index (χ4v) is 6.61. The lowest BCUT2D eigenvalue weighted by atomic mass is 9.89. The lowest BCUT2D eigenvalue weighted by molar-refractivity contribution is -0.140. The van der Waals surface area contributed by atoms with E-state index in [2.05, 4.69) is 9.97 Å². The fourth-order valence-electron chi connectivity index (χ4n) is 5.83. The third-order valence-electron chi connectivity index (χ3n) is 7.98. The van der Waals surface area contributed by atoms with Gasteiger partial charge in [-0.2, -0.15) is 0 Å². The number of piperidine rings is 1. The molecule has 38 heavy (non-hydrogen) atoms. The van der Waals surface area contributed by atoms with Crippen LogP contribution in [0.25, 0.3) is 0 Å². The molecule has 3 unspecified atom stereocenters. The van der Waals surface area contributed by atoms with Crippen LogP contribution < -0.4 is 4.90 Å². The molecule has 0 radical (unpaired) electrons. The molecule has 2 aromatic rings. The number of benzene rings is 1. The molecule has 13 heteroatoms. The minimum atomic E-state index is -1.06. The number of halogens is 3. The number of rotatable bonds is 4. The van der Waals surface area contributed by atoms with E-state index in [1.165, 1.54) is 17.0 Å². The molecule has 4 fully saturated rings. The Labute approximate surface area is 219 Å². The molecule has 4 aliphatic heterocycles. The lowest BCUT2D eigenvalue weighted by Crippen LogP contribution is -2.55. The third-order valence-corrected chi connectivity index (χ3v) is 9.22. The second-order valence-corrected chi connectivity index (χ2v) is 11.9. The number of carbonyl (C=O) groups is 2. The van der Waals surface area contributed by atoms with Crippen molar-refractivity contribution >= 4 is 28.6 Å². The number of fused-ring (bicyclic) bond motifs is 1. The van der Waals surface area contributed by atoms with Gasteiger partial charge in [-0.25, -0.2) is 23.1 Å². The zero-order valence-corrected chi connectivity index (χ0v) is 21.4. The van der Waals surface area contributed by atoms with Gasteiger partial charge in [0.2, 0.25) is 5.95 Å². The average molecular weight is 550 g/mol. The molecule has 0 saturated carbocycles. The van der Waals surface area contributed by atoms with Crippen LogP contribution in [-0.2, 0) is 20.3 Å². The summed E-state index contributed by atoms with van der Waals surface area (Å²) in [5.41, 5.74) is -0.992. The molecule has 202 valence electrons. The Morgan fingerprint density at radius 1 is 1.11 bits per heavy atom. The highest BCUT2D eigenvalue weighted by atomic mass is 32.2. The molecule has 3 atom stereocenters. The Morgan fingerprint density at radius 3 is 2.45 bits per heavy atom. The van der Waals surface area contributed by atoms with Gasteiger partial charge in [-0.1, -0.05) is 0 Å². The van der Waals surface area contributed by atoms with Gasteiger partial charge in [0.15, 0.2) is 17.1 Å². The Hall–Kier alpha value is -3.06. The molecule has 1 aromatic carbocycles. The van der Waals surface area contributed by atoms with Crippen molar-refractivity contribution in [2.75, 3.05) is 37.3 Å². The van der Waals surface area contributed by atoms with Crippen LogP contribution in [0.5, 0.6) is 0 Å². The zero-order chi connectivity index (χ0) is 26.8. The van der Waals surface area contributed by atoms with Crippen molar-refractivity contribution in [2.45, 2.75) is 48.8 Å². The van der Waals surface area contributed by atoms with E-state index in [1.807, 2.05) is 0 Å². The van der Waals surface area contributed by atoms with E-state index in [1.54, 1.807) is 16.1 Å². The quantitative estimate of drug-likeness (QED) is 0.577. The van der Waals surface area contributed by atoms with Crippen molar-refractivity contribution in [2.24, 2.45) is 0 Å². The van der Waals surface area contributed by atoms with Gasteiger partial charge in [0.25, 0.3) is 11.8 Å². The van der Waals surface area contributed by atoms with Gasteiger partial charge in [-0.3, -0.25) is 13.8 Å². The first kappa shape index (κ1) is 25.2. The van der Waals surface area contributed by atoms with Crippen molar-refractivity contribution in [3.63, 3.8) is 0 Å². The number of carbonyl (C=O) groups excluding carboxylic acids is 2. The first-order valence-corrected chi connectivity index (χ1v) is 14.1. The molecule has 0 bridgehead atoms. The van der Waals surface area contributed by atoms with Crippen LogP contribution in [-0.4, -0.2) is 85.3 Å². The molecular weight excluding hydrogens is 523 g/mol. The van der Waals surface area contributed by atoms with Gasteiger partial charge < -0.3 is 19.4 Å². The molecule has 5 heterocycles. The highest BCUT2D eigenvalue weighted by Gasteiger charge is 2.58. The normalized spacial score (nSPS) is 25.6. The number of anilines is 1. The molecule has 4 saturated heterocycles. The van der Waals surface area contributed by atoms with Gasteiger partial charge >= 0.3 is 0 Å². The summed E-state index contributed by atoms with van der Waals surface area (Å²) in [7, 11) is -1.06. The fraction of sp³-hybridized carbons (Fsp3) is 0.520. The Bertz CT molecular complexity index is 1310. The van der Waals surface area contributed by atoms with Crippen molar-refractivity contribution in [3.8, 4) is 0 Å². The Balaban J connectivity index is 1.15. The largest absolute Gasteiger partial charge is 0.342 e. The van der Waals surface area contributed by atoms with Crippen molar-refractivity contribution < 1.29 is 31.7 Å². The van der Waals surface area contributed by atoms with Crippen LogP contribution >= 0.6 is 0 Å². The standard InChI is InChI=1S/C25H26F3N5O4S/c1-38(36)17-12-32(13-17)22(34)21-18(28)11-29-24(30-21)31-6-4-25(5-7-31)23(35)33-19(2-3-20(33)37-25)14-8-15(26)10-16(27)9-14/h8-11,17,19-20H,2-7,12-13H2,1H3. The molecule has 9 nitrogen and oxygen atoms in total. The molecular formula is C25H26F3N5O4S. The summed E-state index contributed by atoms with van der Waals surface area (Å²) in [5.74, 6) is -2.80. The van der Waals surface area contributed by atoms with Gasteiger partial charge in [0.1, 0.15) is 17.9 Å². The summed E-state index contributed by atoms with van der Waals surface area (Å²) in [6.45, 7) is 1.25. The number of hydrogen-bond donors (Lipinski definition) is 0. The van der Waals surface area contributed by atoms with Crippen LogP contribution in [0, 0.1) is 17.5 Å². The molecule has 1 aromatic heterocycles. The minimum Gasteiger partial charge on any atom is -0.342 e. The average Bonchev–Trinajstić information content (AvgIpc) is 3.36. The first-order chi connectivity index (χ1) is 18.1. The van der Waals surface area contributed by atoms with Crippen molar-refractivity contribution in [1.82, 2.24) is 19.8 Å². The smallest absolute Gasteiger partial charge is 0.275 e.